The lowest BCUT2D eigenvalue weighted by Gasteiger charge is -2.30. The summed E-state index contributed by atoms with van der Waals surface area (Å²) in [5.41, 5.74) is -0.614. The number of nitrogens with one attached hydrogen (secondary N) is 1. The Balaban J connectivity index is 4.49. The lowest BCUT2D eigenvalue weighted by molar-refractivity contribution is -0.149. The van der Waals surface area contributed by atoms with E-state index in [9.17, 15) is 18.4 Å². The number of rotatable bonds is 10. The molecule has 0 radical (unpaired) electrons. The van der Waals surface area contributed by atoms with Crippen molar-refractivity contribution < 1.29 is 13.2 Å². The van der Waals surface area contributed by atoms with Crippen molar-refractivity contribution in [1.29, 1.82) is 5.26 Å². The Kier molecular flexibility index (Phi) is 8.91. The second kappa shape index (κ2) is 9.26. The van der Waals surface area contributed by atoms with Gasteiger partial charge in [-0.3, -0.25) is 10.2 Å². The van der Waals surface area contributed by atoms with Crippen LogP contribution in [0.1, 0.15) is 53.4 Å². The molecule has 0 aromatic carbocycles. The van der Waals surface area contributed by atoms with Gasteiger partial charge in [-0.05, 0) is 52.6 Å². The van der Waals surface area contributed by atoms with Crippen LogP contribution in [0.15, 0.2) is 0 Å². The van der Waals surface area contributed by atoms with Crippen molar-refractivity contribution in [2.75, 3.05) is 19.6 Å². The predicted octanol–water partition coefficient (Wildman–Crippen LogP) is 3.71. The van der Waals surface area contributed by atoms with E-state index in [1.807, 2.05) is 13.8 Å². The molecule has 0 aliphatic rings. The van der Waals surface area contributed by atoms with Crippen molar-refractivity contribution in [2.45, 2.75) is 71.1 Å². The van der Waals surface area contributed by atoms with Crippen LogP contribution in [0.4, 0.5) is 13.2 Å². The summed E-state index contributed by atoms with van der Waals surface area (Å²) in [6, 6.07) is 2.14. The van der Waals surface area contributed by atoms with Gasteiger partial charge in [0.05, 0.1) is 12.6 Å². The second-order valence-corrected chi connectivity index (χ2v) is 5.76. The van der Waals surface area contributed by atoms with E-state index >= 15 is 0 Å². The molecule has 0 amide bonds. The molecule has 0 aliphatic heterocycles. The molecule has 0 rings (SSSR count). The van der Waals surface area contributed by atoms with Crippen LogP contribution in [-0.4, -0.2) is 42.3 Å². The van der Waals surface area contributed by atoms with Crippen molar-refractivity contribution in [3.05, 3.63) is 0 Å². The van der Waals surface area contributed by atoms with Crippen molar-refractivity contribution >= 4 is 0 Å². The van der Waals surface area contributed by atoms with Gasteiger partial charge < -0.3 is 0 Å². The quantitative estimate of drug-likeness (QED) is 0.668. The summed E-state index contributed by atoms with van der Waals surface area (Å²) < 4.78 is 37.6. The molecule has 1 unspecified atom stereocenters. The first kappa shape index (κ1) is 20.2. The van der Waals surface area contributed by atoms with E-state index in [1.165, 1.54) is 4.90 Å². The molecule has 1 atom stereocenters. The highest BCUT2D eigenvalue weighted by Gasteiger charge is 2.32. The van der Waals surface area contributed by atoms with Crippen molar-refractivity contribution in [3.8, 4) is 6.07 Å². The smallest absolute Gasteiger partial charge is 0.299 e. The molecule has 0 fully saturated rings. The molecule has 0 aromatic rings. The Morgan fingerprint density at radius 1 is 1.24 bits per heavy atom. The molecule has 0 aromatic heterocycles. The first-order valence-electron chi connectivity index (χ1n) is 7.66. The average Bonchev–Trinajstić information content (AvgIpc) is 2.40. The molecule has 1 N–H and O–H groups in total. The molecule has 0 heterocycles. The first-order chi connectivity index (χ1) is 9.69. The predicted molar refractivity (Wildman–Crippen MR) is 78.9 cm³/mol. The van der Waals surface area contributed by atoms with Crippen molar-refractivity contribution in [1.82, 2.24) is 10.2 Å². The summed E-state index contributed by atoms with van der Waals surface area (Å²) in [5.74, 6) is 0. The summed E-state index contributed by atoms with van der Waals surface area (Å²) in [6.45, 7) is 7.69. The van der Waals surface area contributed by atoms with Gasteiger partial charge in [-0.15, -0.1) is 0 Å². The van der Waals surface area contributed by atoms with Crippen LogP contribution in [0.5, 0.6) is 0 Å². The maximum Gasteiger partial charge on any atom is 0.401 e. The second-order valence-electron chi connectivity index (χ2n) is 5.76. The number of halogens is 3. The number of alkyl halides is 3. The summed E-state index contributed by atoms with van der Waals surface area (Å²) in [6.07, 6.45) is -1.45. The molecule has 124 valence electrons. The van der Waals surface area contributed by atoms with Crippen LogP contribution in [0, 0.1) is 11.3 Å². The van der Waals surface area contributed by atoms with E-state index in [0.29, 0.717) is 25.8 Å². The van der Waals surface area contributed by atoms with E-state index in [0.717, 1.165) is 13.0 Å². The fourth-order valence-electron chi connectivity index (χ4n) is 2.26. The largest absolute Gasteiger partial charge is 0.401 e. The minimum Gasteiger partial charge on any atom is -0.299 e. The van der Waals surface area contributed by atoms with Gasteiger partial charge in [-0.2, -0.15) is 18.4 Å². The Morgan fingerprint density at radius 2 is 1.86 bits per heavy atom. The third kappa shape index (κ3) is 8.27. The number of nitriles is 1. The van der Waals surface area contributed by atoms with Crippen LogP contribution >= 0.6 is 0 Å². The molecule has 6 heteroatoms. The topological polar surface area (TPSA) is 39.1 Å². The third-order valence-electron chi connectivity index (χ3n) is 3.69. The average molecular weight is 307 g/mol. The summed E-state index contributed by atoms with van der Waals surface area (Å²) in [7, 11) is 0. The zero-order valence-electron chi connectivity index (χ0n) is 13.6. The van der Waals surface area contributed by atoms with E-state index in [-0.39, 0.29) is 6.04 Å². The van der Waals surface area contributed by atoms with E-state index in [4.69, 9.17) is 0 Å². The highest BCUT2D eigenvalue weighted by Crippen LogP contribution is 2.21. The van der Waals surface area contributed by atoms with Crippen LogP contribution in [0.25, 0.3) is 0 Å². The maximum absolute atomic E-state index is 12.5. The van der Waals surface area contributed by atoms with Gasteiger partial charge in [0.2, 0.25) is 0 Å². The molecule has 0 bridgehead atoms. The molecule has 3 nitrogen and oxygen atoms in total. The third-order valence-corrected chi connectivity index (χ3v) is 3.69. The van der Waals surface area contributed by atoms with Crippen LogP contribution < -0.4 is 5.32 Å². The lowest BCUT2D eigenvalue weighted by Crippen LogP contribution is -2.45. The Bertz CT molecular complexity index is 323. The molecule has 0 saturated carbocycles. The van der Waals surface area contributed by atoms with E-state index in [1.54, 1.807) is 13.8 Å². The highest BCUT2D eigenvalue weighted by molar-refractivity contribution is 5.06. The Hall–Kier alpha value is -0.800. The van der Waals surface area contributed by atoms with Crippen molar-refractivity contribution in [3.63, 3.8) is 0 Å². The van der Waals surface area contributed by atoms with Gasteiger partial charge in [0.25, 0.3) is 0 Å². The summed E-state index contributed by atoms with van der Waals surface area (Å²) >= 11 is 0. The lowest BCUT2D eigenvalue weighted by atomic mass is 9.91. The zero-order valence-corrected chi connectivity index (χ0v) is 13.6. The Labute approximate surface area is 126 Å². The number of nitrogens with zero attached hydrogens (tertiary/aromatic N) is 2. The highest BCUT2D eigenvalue weighted by atomic mass is 19.4. The molecule has 0 saturated heterocycles. The minimum atomic E-state index is -4.18. The fraction of sp³-hybridized carbons (Fsp3) is 0.933. The number of hydrogen-bond donors (Lipinski definition) is 1. The SMILES string of the molecule is CCCNC(C#N)(CC)CCCN(CC(F)(F)F)C(C)C. The van der Waals surface area contributed by atoms with Gasteiger partial charge in [-0.25, -0.2) is 0 Å². The van der Waals surface area contributed by atoms with E-state index < -0.39 is 18.3 Å². The minimum absolute atomic E-state index is 0.159. The first-order valence-corrected chi connectivity index (χ1v) is 7.66. The van der Waals surface area contributed by atoms with Gasteiger partial charge >= 0.3 is 6.18 Å². The summed E-state index contributed by atoms with van der Waals surface area (Å²) in [5, 5.41) is 12.6. The monoisotopic (exact) mass is 307 g/mol. The van der Waals surface area contributed by atoms with Gasteiger partial charge in [0.15, 0.2) is 0 Å². The molecule has 21 heavy (non-hydrogen) atoms. The van der Waals surface area contributed by atoms with Gasteiger partial charge in [-0.1, -0.05) is 13.8 Å². The summed E-state index contributed by atoms with van der Waals surface area (Å²) in [4.78, 5) is 1.41. The van der Waals surface area contributed by atoms with Gasteiger partial charge in [0.1, 0.15) is 5.54 Å². The standard InChI is InChI=1S/C15H28F3N3/c1-5-9-20-14(6-2,11-19)8-7-10-21(13(3)4)12-15(16,17)18/h13,20H,5-10,12H2,1-4H3. The van der Waals surface area contributed by atoms with Crippen LogP contribution in [0.2, 0.25) is 0 Å². The number of hydrogen-bond acceptors (Lipinski definition) is 3. The van der Waals surface area contributed by atoms with Gasteiger partial charge in [0, 0.05) is 6.04 Å². The van der Waals surface area contributed by atoms with Crippen LogP contribution in [-0.2, 0) is 0 Å². The maximum atomic E-state index is 12.5. The molecular formula is C15H28F3N3. The fourth-order valence-corrected chi connectivity index (χ4v) is 2.26. The van der Waals surface area contributed by atoms with E-state index in [2.05, 4.69) is 11.4 Å². The molecule has 0 aliphatic carbocycles. The van der Waals surface area contributed by atoms with Crippen molar-refractivity contribution in [2.24, 2.45) is 0 Å². The Morgan fingerprint density at radius 3 is 2.24 bits per heavy atom. The van der Waals surface area contributed by atoms with Crippen LogP contribution in [0.3, 0.4) is 0 Å². The zero-order chi connectivity index (χ0) is 16.5. The molecule has 0 spiro atoms. The normalized spacial score (nSPS) is 15.2. The molecular weight excluding hydrogens is 279 g/mol.